The topological polar surface area (TPSA) is 84.0 Å². The highest BCUT2D eigenvalue weighted by Gasteiger charge is 2.15. The Morgan fingerprint density at radius 1 is 0.846 bits per heavy atom. The van der Waals surface area contributed by atoms with Gasteiger partial charge in [0.1, 0.15) is 5.82 Å². The summed E-state index contributed by atoms with van der Waals surface area (Å²) in [5.41, 5.74) is 3.06. The van der Waals surface area contributed by atoms with Gasteiger partial charge in [0, 0.05) is 5.69 Å². The van der Waals surface area contributed by atoms with Crippen LogP contribution in [0.5, 0.6) is 0 Å². The van der Waals surface area contributed by atoms with Gasteiger partial charge in [0.25, 0.3) is 10.0 Å². The second-order valence-corrected chi connectivity index (χ2v) is 7.44. The van der Waals surface area contributed by atoms with E-state index < -0.39 is 15.8 Å². The first-order valence-corrected chi connectivity index (χ1v) is 9.29. The van der Waals surface area contributed by atoms with Crippen molar-refractivity contribution in [1.29, 1.82) is 0 Å². The highest BCUT2D eigenvalue weighted by molar-refractivity contribution is 7.92. The second-order valence-electron chi connectivity index (χ2n) is 5.76. The van der Waals surface area contributed by atoms with E-state index in [1.165, 1.54) is 18.2 Å². The van der Waals surface area contributed by atoms with Gasteiger partial charge in [0.05, 0.1) is 4.90 Å². The van der Waals surface area contributed by atoms with Crippen molar-refractivity contribution < 1.29 is 12.8 Å². The summed E-state index contributed by atoms with van der Waals surface area (Å²) in [6.45, 7) is 3.96. The molecule has 0 unspecified atom stereocenters. The summed E-state index contributed by atoms with van der Waals surface area (Å²) in [5.74, 6) is 0.0548. The Labute approximate surface area is 151 Å². The van der Waals surface area contributed by atoms with Crippen LogP contribution in [0, 0.1) is 19.7 Å². The fourth-order valence-corrected chi connectivity index (χ4v) is 3.40. The minimum atomic E-state index is -3.85. The maximum atomic E-state index is 12.9. The Morgan fingerprint density at radius 3 is 2.00 bits per heavy atom. The monoisotopic (exact) mass is 372 g/mol. The normalized spacial score (nSPS) is 11.2. The van der Waals surface area contributed by atoms with Crippen LogP contribution >= 0.6 is 0 Å². The van der Waals surface area contributed by atoms with Crippen LogP contribution in [0.2, 0.25) is 0 Å². The van der Waals surface area contributed by atoms with Crippen molar-refractivity contribution in [1.82, 2.24) is 10.2 Å². The molecule has 134 valence electrons. The van der Waals surface area contributed by atoms with Gasteiger partial charge in [-0.2, -0.15) is 0 Å². The molecule has 2 aromatic carbocycles. The zero-order valence-corrected chi connectivity index (χ0v) is 15.0. The molecule has 0 fully saturated rings. The molecule has 0 atom stereocenters. The van der Waals surface area contributed by atoms with Crippen molar-refractivity contribution in [3.63, 3.8) is 0 Å². The summed E-state index contributed by atoms with van der Waals surface area (Å²) < 4.78 is 39.8. The molecule has 0 aliphatic heterocycles. The zero-order chi connectivity index (χ0) is 18.7. The highest BCUT2D eigenvalue weighted by atomic mass is 32.2. The van der Waals surface area contributed by atoms with E-state index >= 15 is 0 Å². The van der Waals surface area contributed by atoms with Crippen molar-refractivity contribution in [2.45, 2.75) is 18.7 Å². The molecule has 0 radical (unpaired) electrons. The van der Waals surface area contributed by atoms with E-state index in [0.717, 1.165) is 28.9 Å². The average molecular weight is 372 g/mol. The lowest BCUT2D eigenvalue weighted by Crippen LogP contribution is -2.14. The minimum absolute atomic E-state index is 0.0570. The molecule has 1 aromatic heterocycles. The third-order valence-electron chi connectivity index (χ3n) is 3.76. The molecule has 0 saturated carbocycles. The lowest BCUT2D eigenvalue weighted by molar-refractivity contribution is 0.599. The van der Waals surface area contributed by atoms with Crippen LogP contribution in [0.4, 0.5) is 21.7 Å². The number of hydrogen-bond donors (Lipinski definition) is 2. The summed E-state index contributed by atoms with van der Waals surface area (Å²) in [7, 11) is -3.85. The number of para-hydroxylation sites is 1. The molecule has 0 aliphatic rings. The Bertz CT molecular complexity index is 1000. The molecule has 0 aliphatic carbocycles. The molecule has 0 amide bonds. The van der Waals surface area contributed by atoms with Crippen LogP contribution in [0.1, 0.15) is 11.1 Å². The summed E-state index contributed by atoms with van der Waals surface area (Å²) in [5, 5.41) is 11.1. The van der Waals surface area contributed by atoms with Crippen molar-refractivity contribution >= 4 is 27.3 Å². The Hall–Kier alpha value is -3.00. The number of aromatic nitrogens is 2. The minimum Gasteiger partial charge on any atom is -0.338 e. The molecule has 3 aromatic rings. The predicted molar refractivity (Wildman–Crippen MR) is 98.4 cm³/mol. The quantitative estimate of drug-likeness (QED) is 0.712. The molecule has 0 bridgehead atoms. The van der Waals surface area contributed by atoms with E-state index in [1.54, 1.807) is 6.07 Å². The van der Waals surface area contributed by atoms with Crippen LogP contribution in [-0.4, -0.2) is 18.6 Å². The first-order valence-electron chi connectivity index (χ1n) is 7.80. The van der Waals surface area contributed by atoms with Gasteiger partial charge in [0.15, 0.2) is 11.6 Å². The van der Waals surface area contributed by atoms with E-state index in [1.807, 2.05) is 32.0 Å². The number of anilines is 3. The number of hydrogen-bond acceptors (Lipinski definition) is 5. The molecule has 8 heteroatoms. The molecular weight excluding hydrogens is 355 g/mol. The van der Waals surface area contributed by atoms with Crippen molar-refractivity contribution in [2.24, 2.45) is 0 Å². The largest absolute Gasteiger partial charge is 0.338 e. The van der Waals surface area contributed by atoms with E-state index in [-0.39, 0.29) is 10.7 Å². The molecule has 3 rings (SSSR count). The number of nitrogens with one attached hydrogen (secondary N) is 2. The van der Waals surface area contributed by atoms with Gasteiger partial charge in [-0.1, -0.05) is 18.2 Å². The molecule has 6 nitrogen and oxygen atoms in total. The standard InChI is InChI=1S/C18H17FN4O2S/c1-12-4-3-5-13(2)18(12)20-16-10-11-17(22-21-16)23-26(24,25)15-8-6-14(19)7-9-15/h3-11H,1-2H3,(H,20,21)(H,22,23). The molecule has 0 spiro atoms. The smallest absolute Gasteiger partial charge is 0.263 e. The SMILES string of the molecule is Cc1cccc(C)c1Nc1ccc(NS(=O)(=O)c2ccc(F)cc2)nn1. The van der Waals surface area contributed by atoms with Crippen LogP contribution in [-0.2, 0) is 10.0 Å². The predicted octanol–water partition coefficient (Wildman–Crippen LogP) is 3.78. The summed E-state index contributed by atoms with van der Waals surface area (Å²) in [6.07, 6.45) is 0. The lowest BCUT2D eigenvalue weighted by Gasteiger charge is -2.12. The van der Waals surface area contributed by atoms with Gasteiger partial charge in [-0.15, -0.1) is 10.2 Å². The molecular formula is C18H17FN4O2S. The van der Waals surface area contributed by atoms with E-state index in [9.17, 15) is 12.8 Å². The third kappa shape index (κ3) is 3.97. The first kappa shape index (κ1) is 17.8. The Kier molecular flexibility index (Phi) is 4.85. The van der Waals surface area contributed by atoms with Crippen molar-refractivity contribution in [2.75, 3.05) is 10.0 Å². The Balaban J connectivity index is 1.76. The summed E-state index contributed by atoms with van der Waals surface area (Å²) >= 11 is 0. The van der Waals surface area contributed by atoms with Gasteiger partial charge >= 0.3 is 0 Å². The number of rotatable bonds is 5. The fraction of sp³-hybridized carbons (Fsp3) is 0.111. The fourth-order valence-electron chi connectivity index (χ4n) is 2.40. The number of sulfonamides is 1. The van der Waals surface area contributed by atoms with Crippen LogP contribution in [0.15, 0.2) is 59.5 Å². The van der Waals surface area contributed by atoms with Crippen LogP contribution in [0.25, 0.3) is 0 Å². The van der Waals surface area contributed by atoms with Crippen molar-refractivity contribution in [3.8, 4) is 0 Å². The molecule has 2 N–H and O–H groups in total. The molecule has 0 saturated heterocycles. The number of benzene rings is 2. The van der Waals surface area contributed by atoms with Gasteiger partial charge in [-0.25, -0.2) is 12.8 Å². The van der Waals surface area contributed by atoms with Crippen LogP contribution < -0.4 is 10.0 Å². The number of aryl methyl sites for hydroxylation is 2. The van der Waals surface area contributed by atoms with E-state index in [4.69, 9.17) is 0 Å². The maximum Gasteiger partial charge on any atom is 0.263 e. The zero-order valence-electron chi connectivity index (χ0n) is 14.2. The summed E-state index contributed by atoms with van der Waals surface area (Å²) in [4.78, 5) is -0.0570. The molecule has 1 heterocycles. The van der Waals surface area contributed by atoms with Gasteiger partial charge in [0.2, 0.25) is 0 Å². The highest BCUT2D eigenvalue weighted by Crippen LogP contribution is 2.23. The molecule has 26 heavy (non-hydrogen) atoms. The average Bonchev–Trinajstić information content (AvgIpc) is 2.60. The van der Waals surface area contributed by atoms with E-state index in [0.29, 0.717) is 5.82 Å². The lowest BCUT2D eigenvalue weighted by atomic mass is 10.1. The Morgan fingerprint density at radius 2 is 1.42 bits per heavy atom. The van der Waals surface area contributed by atoms with Gasteiger partial charge in [-0.05, 0) is 61.4 Å². The van der Waals surface area contributed by atoms with Crippen molar-refractivity contribution in [3.05, 3.63) is 71.5 Å². The van der Waals surface area contributed by atoms with Crippen LogP contribution in [0.3, 0.4) is 0 Å². The van der Waals surface area contributed by atoms with E-state index in [2.05, 4.69) is 20.2 Å². The first-order chi connectivity index (χ1) is 12.3. The summed E-state index contributed by atoms with van der Waals surface area (Å²) in [6, 6.07) is 13.6. The van der Waals surface area contributed by atoms with Gasteiger partial charge in [-0.3, -0.25) is 4.72 Å². The van der Waals surface area contributed by atoms with Gasteiger partial charge < -0.3 is 5.32 Å². The maximum absolute atomic E-state index is 12.9. The third-order valence-corrected chi connectivity index (χ3v) is 5.13. The number of halogens is 1. The second kappa shape index (κ2) is 7.09. The number of nitrogens with zero attached hydrogens (tertiary/aromatic N) is 2.